The molecule has 1 saturated carbocycles. The highest BCUT2D eigenvalue weighted by atomic mass is 15.3. The minimum Gasteiger partial charge on any atom is -0.329 e. The number of nitrogens with zero attached hydrogens (tertiary/aromatic N) is 3. The molecule has 1 aliphatic carbocycles. The van der Waals surface area contributed by atoms with Crippen LogP contribution in [0.3, 0.4) is 0 Å². The molecule has 0 bridgehead atoms. The predicted octanol–water partition coefficient (Wildman–Crippen LogP) is 1.78. The summed E-state index contributed by atoms with van der Waals surface area (Å²) >= 11 is 0. The van der Waals surface area contributed by atoms with Crippen LogP contribution in [0.5, 0.6) is 0 Å². The molecule has 1 fully saturated rings. The van der Waals surface area contributed by atoms with Gasteiger partial charge in [0.05, 0.1) is 12.2 Å². The van der Waals surface area contributed by atoms with Gasteiger partial charge in [0.25, 0.3) is 0 Å². The molecule has 0 radical (unpaired) electrons. The average Bonchev–Trinajstić information content (AvgIpc) is 3.13. The Hall–Kier alpha value is -1.68. The topological polar surface area (TPSA) is 56.7 Å². The highest BCUT2D eigenvalue weighted by Gasteiger charge is 2.28. The third-order valence-corrected chi connectivity index (χ3v) is 3.10. The van der Waals surface area contributed by atoms with Crippen molar-refractivity contribution in [2.75, 3.05) is 6.54 Å². The van der Waals surface area contributed by atoms with E-state index in [0.29, 0.717) is 12.5 Å². The van der Waals surface area contributed by atoms with Crippen LogP contribution < -0.4 is 5.73 Å². The molecule has 17 heavy (non-hydrogen) atoms. The Bertz CT molecular complexity index is 499. The number of hydrogen-bond donors (Lipinski definition) is 1. The molecule has 2 heterocycles. The molecule has 0 unspecified atom stereocenters. The lowest BCUT2D eigenvalue weighted by molar-refractivity contribution is 0.596. The lowest BCUT2D eigenvalue weighted by Crippen LogP contribution is -2.13. The van der Waals surface area contributed by atoms with E-state index in [-0.39, 0.29) is 0 Å². The molecule has 0 aromatic carbocycles. The summed E-state index contributed by atoms with van der Waals surface area (Å²) in [5.41, 5.74) is 9.03. The van der Waals surface area contributed by atoms with E-state index in [0.717, 1.165) is 17.8 Å². The normalized spacial score (nSPS) is 15.1. The van der Waals surface area contributed by atoms with Crippen LogP contribution in [0.2, 0.25) is 0 Å². The van der Waals surface area contributed by atoms with Crippen LogP contribution in [0.1, 0.15) is 24.5 Å². The molecule has 3 rings (SSSR count). The Morgan fingerprint density at radius 3 is 2.94 bits per heavy atom. The molecule has 2 aromatic rings. The monoisotopic (exact) mass is 228 g/mol. The Labute approximate surface area is 100 Å². The van der Waals surface area contributed by atoms with Crippen LogP contribution in [0.4, 0.5) is 0 Å². The van der Waals surface area contributed by atoms with Crippen LogP contribution in [0.15, 0.2) is 30.6 Å². The lowest BCUT2D eigenvalue weighted by Gasteiger charge is -2.03. The van der Waals surface area contributed by atoms with Gasteiger partial charge in [-0.25, -0.2) is 0 Å². The summed E-state index contributed by atoms with van der Waals surface area (Å²) in [4.78, 5) is 4.13. The fraction of sp³-hybridized carbons (Fsp3) is 0.385. The summed E-state index contributed by atoms with van der Waals surface area (Å²) < 4.78 is 2.06. The summed E-state index contributed by atoms with van der Waals surface area (Å²) in [5.74, 6) is 0.694. The standard InChI is InChI=1S/C13H16N4/c14-5-7-17-13(10-3-4-10)8-12(16-17)11-2-1-6-15-9-11/h1-2,6,8-10H,3-5,7,14H2. The van der Waals surface area contributed by atoms with Gasteiger partial charge in [0, 0.05) is 36.1 Å². The largest absolute Gasteiger partial charge is 0.329 e. The van der Waals surface area contributed by atoms with Crippen LogP contribution in [0, 0.1) is 0 Å². The second-order valence-electron chi connectivity index (χ2n) is 4.48. The van der Waals surface area contributed by atoms with Gasteiger partial charge >= 0.3 is 0 Å². The van der Waals surface area contributed by atoms with Gasteiger partial charge in [0.1, 0.15) is 0 Å². The van der Waals surface area contributed by atoms with Gasteiger partial charge in [0.15, 0.2) is 0 Å². The van der Waals surface area contributed by atoms with Crippen LogP contribution in [-0.4, -0.2) is 21.3 Å². The van der Waals surface area contributed by atoms with E-state index >= 15 is 0 Å². The summed E-state index contributed by atoms with van der Waals surface area (Å²) in [5, 5.41) is 4.63. The van der Waals surface area contributed by atoms with Crippen molar-refractivity contribution in [3.63, 3.8) is 0 Å². The van der Waals surface area contributed by atoms with Crippen molar-refractivity contribution >= 4 is 0 Å². The predicted molar refractivity (Wildman–Crippen MR) is 66.5 cm³/mol. The fourth-order valence-electron chi connectivity index (χ4n) is 2.10. The molecule has 0 spiro atoms. The SMILES string of the molecule is NCCn1nc(-c2cccnc2)cc1C1CC1. The first-order valence-corrected chi connectivity index (χ1v) is 6.06. The van der Waals surface area contributed by atoms with Crippen molar-refractivity contribution in [1.82, 2.24) is 14.8 Å². The van der Waals surface area contributed by atoms with E-state index in [4.69, 9.17) is 5.73 Å². The van der Waals surface area contributed by atoms with E-state index < -0.39 is 0 Å². The summed E-state index contributed by atoms with van der Waals surface area (Å²) in [6.45, 7) is 1.43. The Kier molecular flexibility index (Phi) is 2.65. The summed E-state index contributed by atoms with van der Waals surface area (Å²) in [6, 6.07) is 6.16. The molecular weight excluding hydrogens is 212 g/mol. The zero-order valence-corrected chi connectivity index (χ0v) is 9.71. The summed E-state index contributed by atoms with van der Waals surface area (Å²) in [7, 11) is 0. The number of rotatable bonds is 4. The molecule has 2 aromatic heterocycles. The molecule has 4 heteroatoms. The van der Waals surface area contributed by atoms with Crippen molar-refractivity contribution in [3.8, 4) is 11.3 Å². The van der Waals surface area contributed by atoms with Crippen molar-refractivity contribution in [2.45, 2.75) is 25.3 Å². The van der Waals surface area contributed by atoms with Crippen molar-refractivity contribution in [1.29, 1.82) is 0 Å². The number of nitrogens with two attached hydrogens (primary N) is 1. The van der Waals surface area contributed by atoms with E-state index in [9.17, 15) is 0 Å². The number of pyridine rings is 1. The maximum atomic E-state index is 5.62. The van der Waals surface area contributed by atoms with Crippen molar-refractivity contribution in [2.24, 2.45) is 5.73 Å². The van der Waals surface area contributed by atoms with Gasteiger partial charge in [-0.15, -0.1) is 0 Å². The molecule has 88 valence electrons. The molecule has 2 N–H and O–H groups in total. The maximum Gasteiger partial charge on any atom is 0.0941 e. The minimum absolute atomic E-state index is 0.633. The molecule has 4 nitrogen and oxygen atoms in total. The van der Waals surface area contributed by atoms with Gasteiger partial charge in [-0.2, -0.15) is 5.10 Å². The van der Waals surface area contributed by atoms with Crippen LogP contribution >= 0.6 is 0 Å². The van der Waals surface area contributed by atoms with Gasteiger partial charge in [-0.05, 0) is 31.0 Å². The fourth-order valence-corrected chi connectivity index (χ4v) is 2.10. The van der Waals surface area contributed by atoms with E-state index in [1.807, 2.05) is 18.3 Å². The number of aromatic nitrogens is 3. The molecule has 1 aliphatic rings. The third kappa shape index (κ3) is 2.08. The third-order valence-electron chi connectivity index (χ3n) is 3.10. The zero-order valence-electron chi connectivity index (χ0n) is 9.71. The Morgan fingerprint density at radius 2 is 2.29 bits per heavy atom. The molecular formula is C13H16N4. The first-order chi connectivity index (χ1) is 8.38. The van der Waals surface area contributed by atoms with Gasteiger partial charge in [-0.1, -0.05) is 0 Å². The molecule has 0 amide bonds. The Balaban J connectivity index is 1.98. The van der Waals surface area contributed by atoms with Crippen molar-refractivity contribution < 1.29 is 0 Å². The highest BCUT2D eigenvalue weighted by molar-refractivity contribution is 5.58. The molecule has 0 atom stereocenters. The van der Waals surface area contributed by atoms with Gasteiger partial charge < -0.3 is 5.73 Å². The second-order valence-corrected chi connectivity index (χ2v) is 4.48. The quantitative estimate of drug-likeness (QED) is 0.867. The van der Waals surface area contributed by atoms with Gasteiger partial charge in [-0.3, -0.25) is 9.67 Å². The lowest BCUT2D eigenvalue weighted by atomic mass is 10.2. The zero-order chi connectivity index (χ0) is 11.7. The average molecular weight is 228 g/mol. The van der Waals surface area contributed by atoms with Crippen LogP contribution in [-0.2, 0) is 6.54 Å². The molecule has 0 saturated heterocycles. The van der Waals surface area contributed by atoms with E-state index in [1.165, 1.54) is 18.5 Å². The van der Waals surface area contributed by atoms with E-state index in [2.05, 4.69) is 20.8 Å². The minimum atomic E-state index is 0.633. The Morgan fingerprint density at radius 1 is 1.41 bits per heavy atom. The maximum absolute atomic E-state index is 5.62. The first kappa shape index (κ1) is 10.5. The second kappa shape index (κ2) is 4.30. The van der Waals surface area contributed by atoms with E-state index in [1.54, 1.807) is 6.20 Å². The molecule has 0 aliphatic heterocycles. The smallest absolute Gasteiger partial charge is 0.0941 e. The highest BCUT2D eigenvalue weighted by Crippen LogP contribution is 2.41. The van der Waals surface area contributed by atoms with Crippen LogP contribution in [0.25, 0.3) is 11.3 Å². The number of hydrogen-bond acceptors (Lipinski definition) is 3. The van der Waals surface area contributed by atoms with Gasteiger partial charge in [0.2, 0.25) is 0 Å². The van der Waals surface area contributed by atoms with Crippen molar-refractivity contribution in [3.05, 3.63) is 36.3 Å². The first-order valence-electron chi connectivity index (χ1n) is 6.06. The summed E-state index contributed by atoms with van der Waals surface area (Å²) in [6.07, 6.45) is 6.19.